The second kappa shape index (κ2) is 5.54. The normalized spacial score (nSPS) is 35.3. The maximum absolute atomic E-state index is 12.3. The summed E-state index contributed by atoms with van der Waals surface area (Å²) in [6, 6.07) is 0. The quantitative estimate of drug-likeness (QED) is 0.567. The van der Waals surface area contributed by atoms with E-state index in [2.05, 4.69) is 0 Å². The summed E-state index contributed by atoms with van der Waals surface area (Å²) in [6.07, 6.45) is 1.45. The largest absolute Gasteiger partial charge is 1.00 e. The van der Waals surface area contributed by atoms with Crippen molar-refractivity contribution >= 4 is 6.98 Å². The van der Waals surface area contributed by atoms with Gasteiger partial charge in [0.05, 0.1) is 0 Å². The minimum Gasteiger partial charge on any atom is -0.449 e. The van der Waals surface area contributed by atoms with Crippen molar-refractivity contribution in [1.82, 2.24) is 0 Å². The van der Waals surface area contributed by atoms with Crippen LogP contribution >= 0.6 is 0 Å². The van der Waals surface area contributed by atoms with Crippen molar-refractivity contribution in [3.8, 4) is 0 Å². The molecule has 0 saturated heterocycles. The van der Waals surface area contributed by atoms with Gasteiger partial charge in [0.2, 0.25) is 0 Å². The van der Waals surface area contributed by atoms with Crippen molar-refractivity contribution in [2.45, 2.75) is 38.9 Å². The molecule has 0 radical (unpaired) electrons. The van der Waals surface area contributed by atoms with Crippen LogP contribution < -0.4 is 51.4 Å². The molecule has 3 atom stereocenters. The summed E-state index contributed by atoms with van der Waals surface area (Å²) in [5, 5.41) is 0. The molecule has 0 bridgehead atoms. The number of hydrogen-bond donors (Lipinski definition) is 0. The molecule has 0 aliphatic heterocycles. The molecule has 72 valence electrons. The van der Waals surface area contributed by atoms with Crippen molar-refractivity contribution in [3.63, 3.8) is 0 Å². The van der Waals surface area contributed by atoms with E-state index in [-0.39, 0.29) is 57.3 Å². The van der Waals surface area contributed by atoms with Gasteiger partial charge in [0.25, 0.3) is 0 Å². The molecule has 1 saturated carbocycles. The van der Waals surface area contributed by atoms with Gasteiger partial charge >= 0.3 is 58.4 Å². The average Bonchev–Trinajstić information content (AvgIpc) is 1.92. The van der Waals surface area contributed by atoms with Gasteiger partial charge in [-0.05, 0) is 11.8 Å². The zero-order valence-electron chi connectivity index (χ0n) is 8.56. The van der Waals surface area contributed by atoms with Crippen LogP contribution in [0.2, 0.25) is 5.82 Å². The fraction of sp³-hybridized carbons (Fsp3) is 1.00. The standard InChI is InChI=1S/C8H15BF3.K/c1-6-3-4-8(5-7(6)2)9(10,11)12;/h6-8H,3-5H2,1-2H3;/q-1;+1. The summed E-state index contributed by atoms with van der Waals surface area (Å²) in [5.74, 6) is -0.261. The molecule has 1 aliphatic rings. The number of rotatable bonds is 1. The maximum atomic E-state index is 12.3. The predicted molar refractivity (Wildman–Crippen MR) is 45.0 cm³/mol. The second-order valence-corrected chi connectivity index (χ2v) is 4.15. The molecule has 0 nitrogen and oxygen atoms in total. The molecular formula is C8H15BF3K. The van der Waals surface area contributed by atoms with Crippen LogP contribution in [-0.4, -0.2) is 6.98 Å². The molecule has 5 heteroatoms. The first-order valence-electron chi connectivity index (χ1n) is 4.61. The first kappa shape index (κ1) is 14.5. The van der Waals surface area contributed by atoms with E-state index in [4.69, 9.17) is 0 Å². The Bertz CT molecular complexity index is 160. The van der Waals surface area contributed by atoms with Crippen LogP contribution in [0.1, 0.15) is 33.1 Å². The summed E-state index contributed by atoms with van der Waals surface area (Å²) >= 11 is 0. The molecule has 0 spiro atoms. The third kappa shape index (κ3) is 4.24. The zero-order valence-corrected chi connectivity index (χ0v) is 11.7. The monoisotopic (exact) mass is 218 g/mol. The Hall–Kier alpha value is 1.49. The minimum absolute atomic E-state index is 0. The summed E-state index contributed by atoms with van der Waals surface area (Å²) < 4.78 is 36.9. The predicted octanol–water partition coefficient (Wildman–Crippen LogP) is 0.664. The van der Waals surface area contributed by atoms with E-state index >= 15 is 0 Å². The van der Waals surface area contributed by atoms with Gasteiger partial charge < -0.3 is 12.9 Å². The van der Waals surface area contributed by atoms with Crippen LogP contribution in [-0.2, 0) is 0 Å². The first-order chi connectivity index (χ1) is 5.41. The Morgan fingerprint density at radius 1 is 1.00 bits per heavy atom. The fourth-order valence-corrected chi connectivity index (χ4v) is 1.93. The van der Waals surface area contributed by atoms with Crippen LogP contribution in [0.3, 0.4) is 0 Å². The molecule has 0 amide bonds. The van der Waals surface area contributed by atoms with Gasteiger partial charge in [-0.25, -0.2) is 0 Å². The summed E-state index contributed by atoms with van der Waals surface area (Å²) in [7, 11) is 0. The van der Waals surface area contributed by atoms with Crippen molar-refractivity contribution < 1.29 is 64.3 Å². The summed E-state index contributed by atoms with van der Waals surface area (Å²) in [6.45, 7) is -0.603. The van der Waals surface area contributed by atoms with Gasteiger partial charge in [-0.3, -0.25) is 0 Å². The van der Waals surface area contributed by atoms with Gasteiger partial charge in [0.15, 0.2) is 0 Å². The smallest absolute Gasteiger partial charge is 0.449 e. The zero-order chi connectivity index (χ0) is 9.35. The van der Waals surface area contributed by atoms with E-state index in [9.17, 15) is 12.9 Å². The van der Waals surface area contributed by atoms with Crippen molar-refractivity contribution in [3.05, 3.63) is 0 Å². The van der Waals surface area contributed by atoms with Crippen LogP contribution in [0.15, 0.2) is 0 Å². The molecular weight excluding hydrogens is 203 g/mol. The van der Waals surface area contributed by atoms with E-state index in [1.807, 2.05) is 13.8 Å². The fourth-order valence-electron chi connectivity index (χ4n) is 1.93. The Morgan fingerprint density at radius 3 is 1.92 bits per heavy atom. The van der Waals surface area contributed by atoms with E-state index < -0.39 is 12.8 Å². The third-order valence-corrected chi connectivity index (χ3v) is 3.17. The van der Waals surface area contributed by atoms with Crippen molar-refractivity contribution in [2.24, 2.45) is 11.8 Å². The van der Waals surface area contributed by atoms with Gasteiger partial charge in [-0.2, -0.15) is 0 Å². The third-order valence-electron chi connectivity index (χ3n) is 3.17. The summed E-state index contributed by atoms with van der Waals surface area (Å²) in [5.41, 5.74) is 0. The molecule has 1 aliphatic carbocycles. The van der Waals surface area contributed by atoms with Crippen LogP contribution in [0.4, 0.5) is 12.9 Å². The molecule has 0 aromatic rings. The molecule has 1 rings (SSSR count). The van der Waals surface area contributed by atoms with Gasteiger partial charge in [0.1, 0.15) is 0 Å². The Morgan fingerprint density at radius 2 is 1.54 bits per heavy atom. The number of halogens is 3. The molecule has 3 unspecified atom stereocenters. The maximum Gasteiger partial charge on any atom is 1.00 e. The van der Waals surface area contributed by atoms with E-state index in [1.54, 1.807) is 0 Å². The molecule has 0 aromatic heterocycles. The van der Waals surface area contributed by atoms with Gasteiger partial charge in [0, 0.05) is 0 Å². The Balaban J connectivity index is 0.00000144. The van der Waals surface area contributed by atoms with E-state index in [0.29, 0.717) is 18.8 Å². The van der Waals surface area contributed by atoms with Crippen LogP contribution in [0.25, 0.3) is 0 Å². The average molecular weight is 218 g/mol. The molecule has 13 heavy (non-hydrogen) atoms. The van der Waals surface area contributed by atoms with Crippen LogP contribution in [0, 0.1) is 11.8 Å². The Kier molecular flexibility index (Phi) is 6.18. The Labute approximate surface area is 121 Å². The molecule has 0 aromatic carbocycles. The van der Waals surface area contributed by atoms with Crippen molar-refractivity contribution in [1.29, 1.82) is 0 Å². The topological polar surface area (TPSA) is 0 Å². The van der Waals surface area contributed by atoms with Crippen LogP contribution in [0.5, 0.6) is 0 Å². The number of hydrogen-bond acceptors (Lipinski definition) is 0. The summed E-state index contributed by atoms with van der Waals surface area (Å²) in [4.78, 5) is 0. The van der Waals surface area contributed by atoms with Gasteiger partial charge in [-0.1, -0.05) is 38.9 Å². The molecule has 0 N–H and O–H groups in total. The SMILES string of the molecule is CC1CCC([B-](F)(F)F)CC1C.[K+]. The van der Waals surface area contributed by atoms with E-state index in [0.717, 1.165) is 6.42 Å². The molecule has 1 fully saturated rings. The molecule has 0 heterocycles. The van der Waals surface area contributed by atoms with Gasteiger partial charge in [-0.15, -0.1) is 0 Å². The first-order valence-corrected chi connectivity index (χ1v) is 4.61. The minimum atomic E-state index is -4.58. The van der Waals surface area contributed by atoms with E-state index in [1.165, 1.54) is 0 Å². The van der Waals surface area contributed by atoms with Crippen molar-refractivity contribution in [2.75, 3.05) is 0 Å². The second-order valence-electron chi connectivity index (χ2n) is 4.15.